The fraction of sp³-hybridized carbons (Fsp3) is 0.560. The Bertz CT molecular complexity index is 915. The van der Waals surface area contributed by atoms with Gasteiger partial charge in [0.1, 0.15) is 0 Å². The minimum atomic E-state index is -0.401. The molecule has 1 amide bonds. The number of amides is 1. The lowest BCUT2D eigenvalue weighted by Gasteiger charge is -2.41. The number of rotatable bonds is 9. The molecule has 1 saturated heterocycles. The van der Waals surface area contributed by atoms with E-state index in [9.17, 15) is 4.79 Å². The summed E-state index contributed by atoms with van der Waals surface area (Å²) in [7, 11) is 0. The number of piperidine rings is 1. The number of primary amides is 1. The van der Waals surface area contributed by atoms with Crippen molar-refractivity contribution in [1.29, 1.82) is 0 Å². The number of hydrogen-bond donors (Lipinski definition) is 2. The maximum atomic E-state index is 11.6. The Labute approximate surface area is 207 Å². The molecular formula is C25H37N5OS2. The minimum absolute atomic E-state index is 0.401. The van der Waals surface area contributed by atoms with Crippen LogP contribution in [0.25, 0.3) is 0 Å². The molecule has 3 heterocycles. The van der Waals surface area contributed by atoms with Gasteiger partial charge in [-0.25, -0.2) is 0 Å². The van der Waals surface area contributed by atoms with Gasteiger partial charge in [0.05, 0.1) is 11.3 Å². The van der Waals surface area contributed by atoms with Crippen molar-refractivity contribution in [3.8, 4) is 0 Å². The minimum Gasteiger partial charge on any atom is -0.366 e. The number of nitrogens with one attached hydrogen (secondary N) is 1. The van der Waals surface area contributed by atoms with Crippen LogP contribution in [0.2, 0.25) is 0 Å². The number of nitrogens with two attached hydrogens (primary N) is 1. The summed E-state index contributed by atoms with van der Waals surface area (Å²) in [5.74, 6) is -0.401. The number of aryl methyl sites for hydroxylation is 3. The lowest BCUT2D eigenvalue weighted by atomic mass is 9.99. The van der Waals surface area contributed by atoms with E-state index in [0.717, 1.165) is 73.9 Å². The average molecular weight is 488 g/mol. The van der Waals surface area contributed by atoms with E-state index < -0.39 is 5.91 Å². The molecule has 3 N–H and O–H groups in total. The van der Waals surface area contributed by atoms with Gasteiger partial charge in [0.2, 0.25) is 0 Å². The second-order valence-electron chi connectivity index (χ2n) is 9.00. The molecule has 180 valence electrons. The van der Waals surface area contributed by atoms with E-state index in [2.05, 4.69) is 50.8 Å². The molecule has 2 aromatic heterocycles. The molecule has 8 heteroatoms. The fourth-order valence-corrected chi connectivity index (χ4v) is 5.81. The van der Waals surface area contributed by atoms with E-state index in [1.165, 1.54) is 5.56 Å². The van der Waals surface area contributed by atoms with Crippen LogP contribution in [0.15, 0.2) is 22.9 Å². The van der Waals surface area contributed by atoms with Crippen molar-refractivity contribution in [2.75, 3.05) is 19.6 Å². The number of likely N-dealkylation sites (tertiary alicyclic amines) is 1. The van der Waals surface area contributed by atoms with E-state index >= 15 is 0 Å². The Balaban J connectivity index is 1.55. The van der Waals surface area contributed by atoms with E-state index in [4.69, 9.17) is 18.0 Å². The second-order valence-corrected chi connectivity index (χ2v) is 10.2. The summed E-state index contributed by atoms with van der Waals surface area (Å²) in [4.78, 5) is 21.2. The van der Waals surface area contributed by atoms with Crippen LogP contribution in [0.5, 0.6) is 0 Å². The quantitative estimate of drug-likeness (QED) is 0.520. The zero-order valence-corrected chi connectivity index (χ0v) is 21.9. The van der Waals surface area contributed by atoms with Crippen LogP contribution in [0.3, 0.4) is 0 Å². The topological polar surface area (TPSA) is 74.5 Å². The lowest BCUT2D eigenvalue weighted by molar-refractivity contribution is 0.0998. The molecule has 0 saturated carbocycles. The summed E-state index contributed by atoms with van der Waals surface area (Å²) in [6, 6.07) is 5.15. The standard InChI is InChI=1S/C25H37N5OS2/c1-5-27-25(32)30(15-20-10-13-33-16-20)22-8-11-29(12-9-22)18(3)6-7-21-14-17(2)23(24(26)31)19(4)28-21/h10,13-14,16,18,22H,5-9,11-12,15H2,1-4H3,(H2,26,31)(H,27,32)/t18-/m1/s1. The Hall–Kier alpha value is -2.03. The molecule has 0 bridgehead atoms. The largest absolute Gasteiger partial charge is 0.366 e. The first-order valence-corrected chi connectivity index (χ1v) is 13.2. The first kappa shape index (κ1) is 25.6. The predicted octanol–water partition coefficient (Wildman–Crippen LogP) is 4.04. The van der Waals surface area contributed by atoms with Crippen molar-refractivity contribution < 1.29 is 4.79 Å². The molecule has 3 rings (SSSR count). The molecule has 0 radical (unpaired) electrons. The molecule has 1 fully saturated rings. The number of carbonyl (C=O) groups is 1. The zero-order chi connectivity index (χ0) is 24.0. The molecule has 0 aliphatic carbocycles. The van der Waals surface area contributed by atoms with E-state index in [0.29, 0.717) is 17.6 Å². The number of thiocarbonyl (C=S) groups is 1. The molecule has 2 aromatic rings. The third kappa shape index (κ3) is 6.74. The van der Waals surface area contributed by atoms with Gasteiger partial charge in [-0.3, -0.25) is 9.78 Å². The van der Waals surface area contributed by atoms with Gasteiger partial charge in [-0.05, 0) is 99.6 Å². The highest BCUT2D eigenvalue weighted by Gasteiger charge is 2.28. The highest BCUT2D eigenvalue weighted by Crippen LogP contribution is 2.23. The Morgan fingerprint density at radius 1 is 1.39 bits per heavy atom. The van der Waals surface area contributed by atoms with Crippen molar-refractivity contribution in [2.24, 2.45) is 5.73 Å². The molecule has 1 aliphatic rings. The third-order valence-corrected chi connectivity index (χ3v) is 7.71. The van der Waals surface area contributed by atoms with Crippen LogP contribution in [0, 0.1) is 13.8 Å². The molecule has 0 spiro atoms. The number of aromatic nitrogens is 1. The summed E-state index contributed by atoms with van der Waals surface area (Å²) in [6.07, 6.45) is 4.17. The van der Waals surface area contributed by atoms with Gasteiger partial charge in [-0.1, -0.05) is 0 Å². The number of thiophene rings is 1. The predicted molar refractivity (Wildman–Crippen MR) is 141 cm³/mol. The van der Waals surface area contributed by atoms with E-state index in [-0.39, 0.29) is 0 Å². The number of nitrogens with zero attached hydrogens (tertiary/aromatic N) is 3. The van der Waals surface area contributed by atoms with Gasteiger partial charge in [-0.2, -0.15) is 11.3 Å². The van der Waals surface area contributed by atoms with Crippen molar-refractivity contribution in [2.45, 2.75) is 72.0 Å². The Morgan fingerprint density at radius 2 is 2.12 bits per heavy atom. The smallest absolute Gasteiger partial charge is 0.250 e. The van der Waals surface area contributed by atoms with E-state index in [1.54, 1.807) is 11.3 Å². The van der Waals surface area contributed by atoms with Crippen molar-refractivity contribution in [3.63, 3.8) is 0 Å². The van der Waals surface area contributed by atoms with Crippen LogP contribution in [-0.4, -0.2) is 57.5 Å². The molecule has 1 atom stereocenters. The van der Waals surface area contributed by atoms with Crippen molar-refractivity contribution in [1.82, 2.24) is 20.1 Å². The molecule has 33 heavy (non-hydrogen) atoms. The third-order valence-electron chi connectivity index (χ3n) is 6.60. The maximum Gasteiger partial charge on any atom is 0.250 e. The lowest BCUT2D eigenvalue weighted by Crippen LogP contribution is -2.51. The molecule has 0 aromatic carbocycles. The average Bonchev–Trinajstić information content (AvgIpc) is 3.29. The number of carbonyl (C=O) groups excluding carboxylic acids is 1. The van der Waals surface area contributed by atoms with Crippen LogP contribution in [0.1, 0.15) is 66.0 Å². The van der Waals surface area contributed by atoms with Gasteiger partial charge in [0.15, 0.2) is 5.11 Å². The van der Waals surface area contributed by atoms with Crippen LogP contribution in [-0.2, 0) is 13.0 Å². The monoisotopic (exact) mass is 487 g/mol. The summed E-state index contributed by atoms with van der Waals surface area (Å²) in [5.41, 5.74) is 10.1. The molecule has 1 aliphatic heterocycles. The highest BCUT2D eigenvalue weighted by atomic mass is 32.1. The second kappa shape index (κ2) is 11.9. The van der Waals surface area contributed by atoms with Crippen LogP contribution >= 0.6 is 23.6 Å². The van der Waals surface area contributed by atoms with Gasteiger partial charge < -0.3 is 20.9 Å². The Morgan fingerprint density at radius 3 is 2.70 bits per heavy atom. The zero-order valence-electron chi connectivity index (χ0n) is 20.3. The van der Waals surface area contributed by atoms with Gasteiger partial charge in [-0.15, -0.1) is 0 Å². The molecule has 0 unspecified atom stereocenters. The summed E-state index contributed by atoms with van der Waals surface area (Å²) < 4.78 is 0. The summed E-state index contributed by atoms with van der Waals surface area (Å²) in [6.45, 7) is 12.1. The molecular weight excluding hydrogens is 450 g/mol. The normalized spacial score (nSPS) is 15.9. The van der Waals surface area contributed by atoms with Crippen molar-refractivity contribution >= 4 is 34.6 Å². The van der Waals surface area contributed by atoms with Gasteiger partial charge in [0, 0.05) is 44.0 Å². The van der Waals surface area contributed by atoms with Crippen molar-refractivity contribution in [3.05, 3.63) is 51.0 Å². The van der Waals surface area contributed by atoms with Gasteiger partial charge >= 0.3 is 0 Å². The summed E-state index contributed by atoms with van der Waals surface area (Å²) >= 11 is 7.46. The first-order valence-electron chi connectivity index (χ1n) is 11.9. The number of hydrogen-bond acceptors (Lipinski definition) is 5. The van der Waals surface area contributed by atoms with Gasteiger partial charge in [0.25, 0.3) is 5.91 Å². The van der Waals surface area contributed by atoms with Crippen LogP contribution < -0.4 is 11.1 Å². The maximum absolute atomic E-state index is 11.6. The van der Waals surface area contributed by atoms with E-state index in [1.807, 2.05) is 19.9 Å². The molecule has 6 nitrogen and oxygen atoms in total. The van der Waals surface area contributed by atoms with Crippen LogP contribution in [0.4, 0.5) is 0 Å². The highest BCUT2D eigenvalue weighted by molar-refractivity contribution is 7.80. The SMILES string of the molecule is CCNC(=S)N(Cc1ccsc1)C1CCN([C@H](C)CCc2cc(C)c(C(N)=O)c(C)n2)CC1. The fourth-order valence-electron chi connectivity index (χ4n) is 4.79. The number of pyridine rings is 1. The summed E-state index contributed by atoms with van der Waals surface area (Å²) in [5, 5.41) is 8.57. The Kier molecular flexibility index (Phi) is 9.23. The first-order chi connectivity index (χ1) is 15.8.